The van der Waals surface area contributed by atoms with E-state index in [1.165, 1.54) is 12.1 Å². The Kier molecular flexibility index (Phi) is 5.49. The third kappa shape index (κ3) is 4.42. The summed E-state index contributed by atoms with van der Waals surface area (Å²) in [6.07, 6.45) is -4.72. The molecule has 3 aromatic rings. The molecule has 9 heteroatoms. The number of nitrogens with one attached hydrogen (secondary N) is 1. The molecule has 1 aliphatic heterocycles. The Balaban J connectivity index is 1.55. The molecule has 3 aromatic carbocycles. The number of halogens is 3. The zero-order valence-corrected chi connectivity index (χ0v) is 17.1. The van der Waals surface area contributed by atoms with Crippen LogP contribution in [0.25, 0.3) is 10.8 Å². The van der Waals surface area contributed by atoms with Crippen LogP contribution in [-0.2, 0) is 34.3 Å². The lowest BCUT2D eigenvalue weighted by Gasteiger charge is -2.29. The van der Waals surface area contributed by atoms with Crippen LogP contribution in [0, 0.1) is 0 Å². The lowest BCUT2D eigenvalue weighted by Crippen LogP contribution is -2.43. The fourth-order valence-corrected chi connectivity index (χ4v) is 4.81. The monoisotopic (exact) mass is 448 g/mol. The maximum Gasteiger partial charge on any atom is 0.471 e. The van der Waals surface area contributed by atoms with E-state index in [-0.39, 0.29) is 31.0 Å². The Morgan fingerprint density at radius 1 is 1.00 bits per heavy atom. The van der Waals surface area contributed by atoms with Crippen molar-refractivity contribution < 1.29 is 26.4 Å². The molecule has 5 nitrogen and oxygen atoms in total. The highest BCUT2D eigenvalue weighted by atomic mass is 32.2. The van der Waals surface area contributed by atoms with Gasteiger partial charge in [-0.3, -0.25) is 4.79 Å². The fourth-order valence-electron chi connectivity index (χ4n) is 3.76. The predicted molar refractivity (Wildman–Crippen MR) is 110 cm³/mol. The van der Waals surface area contributed by atoms with Crippen molar-refractivity contribution in [3.8, 4) is 0 Å². The van der Waals surface area contributed by atoms with E-state index in [9.17, 15) is 26.4 Å². The highest BCUT2D eigenvalue weighted by Crippen LogP contribution is 2.27. The molecule has 0 spiro atoms. The van der Waals surface area contributed by atoms with Gasteiger partial charge in [0.05, 0.1) is 4.90 Å². The number of benzene rings is 3. The first-order chi connectivity index (χ1) is 14.6. The number of nitrogens with zero attached hydrogens (tertiary/aromatic N) is 1. The van der Waals surface area contributed by atoms with E-state index in [1.807, 2.05) is 42.5 Å². The molecule has 1 heterocycles. The molecule has 1 amide bonds. The molecule has 1 aliphatic rings. The van der Waals surface area contributed by atoms with Gasteiger partial charge in [-0.05, 0) is 46.0 Å². The second-order valence-corrected chi connectivity index (χ2v) is 9.13. The van der Waals surface area contributed by atoms with E-state index in [0.717, 1.165) is 21.9 Å². The Morgan fingerprint density at radius 2 is 1.74 bits per heavy atom. The standard InChI is InChI=1S/C22H19F3N2O3S/c23-22(24,25)21(28)27-11-10-15-8-9-19(12-18(15)14-27)31(29,30)26-13-17-6-3-5-16-4-1-2-7-20(16)17/h1-9,12,26H,10-11,13-14H2. The molecule has 4 rings (SSSR count). The summed E-state index contributed by atoms with van der Waals surface area (Å²) in [4.78, 5) is 12.2. The van der Waals surface area contributed by atoms with E-state index in [4.69, 9.17) is 0 Å². The minimum Gasteiger partial charge on any atom is -0.330 e. The maximum atomic E-state index is 12.8. The third-order valence-corrected chi connectivity index (χ3v) is 6.76. The molecular formula is C22H19F3N2O3S. The number of hydrogen-bond acceptors (Lipinski definition) is 3. The van der Waals surface area contributed by atoms with Gasteiger partial charge in [0, 0.05) is 19.6 Å². The topological polar surface area (TPSA) is 66.5 Å². The summed E-state index contributed by atoms with van der Waals surface area (Å²) < 4.78 is 66.5. The molecule has 0 unspecified atom stereocenters. The van der Waals surface area contributed by atoms with E-state index in [2.05, 4.69) is 4.72 Å². The first-order valence-corrected chi connectivity index (χ1v) is 11.1. The van der Waals surface area contributed by atoms with E-state index < -0.39 is 22.1 Å². The summed E-state index contributed by atoms with van der Waals surface area (Å²) in [6, 6.07) is 17.6. The predicted octanol–water partition coefficient (Wildman–Crippen LogP) is 3.77. The van der Waals surface area contributed by atoms with Crippen LogP contribution in [0.5, 0.6) is 0 Å². The van der Waals surface area contributed by atoms with Crippen LogP contribution in [0.2, 0.25) is 0 Å². The normalized spacial score (nSPS) is 14.5. The summed E-state index contributed by atoms with van der Waals surface area (Å²) in [6.45, 7) is -0.267. The number of hydrogen-bond donors (Lipinski definition) is 1. The van der Waals surface area contributed by atoms with Gasteiger partial charge in [0.25, 0.3) is 0 Å². The van der Waals surface area contributed by atoms with Crippen LogP contribution < -0.4 is 4.72 Å². The second kappa shape index (κ2) is 7.97. The average molecular weight is 448 g/mol. The number of rotatable bonds is 4. The Morgan fingerprint density at radius 3 is 2.52 bits per heavy atom. The average Bonchev–Trinajstić information content (AvgIpc) is 2.75. The minimum absolute atomic E-state index is 0.0483. The molecule has 1 N–H and O–H groups in total. The third-order valence-electron chi connectivity index (χ3n) is 5.36. The second-order valence-electron chi connectivity index (χ2n) is 7.37. The van der Waals surface area contributed by atoms with Crippen molar-refractivity contribution in [2.45, 2.75) is 30.6 Å². The van der Waals surface area contributed by atoms with Gasteiger partial charge in [-0.15, -0.1) is 0 Å². The fraction of sp³-hybridized carbons (Fsp3) is 0.227. The summed E-state index contributed by atoms with van der Waals surface area (Å²) in [5.74, 6) is -1.92. The lowest BCUT2D eigenvalue weighted by atomic mass is 10.00. The highest BCUT2D eigenvalue weighted by molar-refractivity contribution is 7.89. The summed E-state index contributed by atoms with van der Waals surface area (Å²) in [7, 11) is -3.90. The van der Waals surface area contributed by atoms with Crippen LogP contribution in [0.15, 0.2) is 65.6 Å². The molecule has 0 saturated heterocycles. The lowest BCUT2D eigenvalue weighted by molar-refractivity contribution is -0.186. The Hall–Kier alpha value is -2.91. The molecule has 0 saturated carbocycles. The van der Waals surface area contributed by atoms with Crippen molar-refractivity contribution in [3.05, 3.63) is 77.4 Å². The quantitative estimate of drug-likeness (QED) is 0.661. The summed E-state index contributed by atoms with van der Waals surface area (Å²) in [5, 5.41) is 1.92. The number of carbonyl (C=O) groups is 1. The zero-order valence-electron chi connectivity index (χ0n) is 16.3. The van der Waals surface area contributed by atoms with Crippen LogP contribution in [0.4, 0.5) is 13.2 Å². The Bertz CT molecular complexity index is 1250. The molecule has 0 radical (unpaired) electrons. The Labute approximate surface area is 177 Å². The first kappa shape index (κ1) is 21.3. The molecular weight excluding hydrogens is 429 g/mol. The number of alkyl halides is 3. The number of sulfonamides is 1. The van der Waals surface area contributed by atoms with Crippen molar-refractivity contribution in [2.24, 2.45) is 0 Å². The molecule has 0 aromatic heterocycles. The van der Waals surface area contributed by atoms with E-state index in [0.29, 0.717) is 10.5 Å². The number of amides is 1. The SMILES string of the molecule is O=C(N1CCc2ccc(S(=O)(=O)NCc3cccc4ccccc34)cc2C1)C(F)(F)F. The minimum atomic E-state index is -4.96. The zero-order chi connectivity index (χ0) is 22.2. The van der Waals surface area contributed by atoms with Crippen molar-refractivity contribution in [1.82, 2.24) is 9.62 Å². The summed E-state index contributed by atoms with van der Waals surface area (Å²) in [5.41, 5.74) is 1.94. The van der Waals surface area contributed by atoms with Gasteiger partial charge in [0.15, 0.2) is 0 Å². The van der Waals surface area contributed by atoms with E-state index >= 15 is 0 Å². The highest BCUT2D eigenvalue weighted by Gasteiger charge is 2.43. The van der Waals surface area contributed by atoms with Gasteiger partial charge >= 0.3 is 12.1 Å². The number of fused-ring (bicyclic) bond motifs is 2. The molecule has 162 valence electrons. The molecule has 0 aliphatic carbocycles. The van der Waals surface area contributed by atoms with Gasteiger partial charge in [-0.1, -0.05) is 48.5 Å². The molecule has 31 heavy (non-hydrogen) atoms. The van der Waals surface area contributed by atoms with Gasteiger partial charge in [-0.2, -0.15) is 13.2 Å². The smallest absolute Gasteiger partial charge is 0.330 e. The molecule has 0 bridgehead atoms. The van der Waals surface area contributed by atoms with Gasteiger partial charge in [0.1, 0.15) is 0 Å². The molecule has 0 atom stereocenters. The van der Waals surface area contributed by atoms with Crippen molar-refractivity contribution >= 4 is 26.7 Å². The molecule has 0 fully saturated rings. The van der Waals surface area contributed by atoms with E-state index in [1.54, 1.807) is 6.07 Å². The largest absolute Gasteiger partial charge is 0.471 e. The summed E-state index contributed by atoms with van der Waals surface area (Å²) >= 11 is 0. The van der Waals surface area contributed by atoms with Crippen molar-refractivity contribution in [3.63, 3.8) is 0 Å². The van der Waals surface area contributed by atoms with Crippen molar-refractivity contribution in [1.29, 1.82) is 0 Å². The van der Waals surface area contributed by atoms with Gasteiger partial charge < -0.3 is 4.90 Å². The van der Waals surface area contributed by atoms with Crippen LogP contribution in [0.1, 0.15) is 16.7 Å². The first-order valence-electron chi connectivity index (χ1n) is 9.59. The van der Waals surface area contributed by atoms with Crippen LogP contribution in [0.3, 0.4) is 0 Å². The van der Waals surface area contributed by atoms with Gasteiger partial charge in [0.2, 0.25) is 10.0 Å². The number of carbonyl (C=O) groups excluding carboxylic acids is 1. The van der Waals surface area contributed by atoms with Crippen molar-refractivity contribution in [2.75, 3.05) is 6.54 Å². The van der Waals surface area contributed by atoms with Gasteiger partial charge in [-0.25, -0.2) is 13.1 Å². The van der Waals surface area contributed by atoms with Crippen LogP contribution in [-0.4, -0.2) is 31.9 Å². The maximum absolute atomic E-state index is 12.8. The van der Waals surface area contributed by atoms with Crippen LogP contribution >= 0.6 is 0 Å².